The first kappa shape index (κ1) is 19.7. The summed E-state index contributed by atoms with van der Waals surface area (Å²) in [5.41, 5.74) is 1.87. The molecule has 0 aliphatic carbocycles. The van der Waals surface area contributed by atoms with Gasteiger partial charge in [-0.25, -0.2) is 0 Å². The summed E-state index contributed by atoms with van der Waals surface area (Å²) >= 11 is 0. The van der Waals surface area contributed by atoms with Gasteiger partial charge in [-0.15, -0.1) is 0 Å². The van der Waals surface area contributed by atoms with Crippen molar-refractivity contribution in [3.05, 3.63) is 59.0 Å². The third kappa shape index (κ3) is 5.20. The molecule has 1 amide bonds. The Morgan fingerprint density at radius 1 is 1.15 bits per heavy atom. The van der Waals surface area contributed by atoms with E-state index in [1.54, 1.807) is 12.1 Å². The van der Waals surface area contributed by atoms with Gasteiger partial charge in [0.1, 0.15) is 12.4 Å². The number of carbonyl (C=O) groups is 2. The van der Waals surface area contributed by atoms with Crippen LogP contribution in [0.3, 0.4) is 0 Å². The summed E-state index contributed by atoms with van der Waals surface area (Å²) < 4.78 is 10.4. The summed E-state index contributed by atoms with van der Waals surface area (Å²) in [6, 6.07) is 10.2. The fourth-order valence-corrected chi connectivity index (χ4v) is 2.59. The molecule has 1 aromatic carbocycles. The zero-order valence-corrected chi connectivity index (χ0v) is 15.5. The molecule has 0 aliphatic heterocycles. The number of aliphatic carboxylic acids is 1. The van der Waals surface area contributed by atoms with Gasteiger partial charge < -0.3 is 19.6 Å². The van der Waals surface area contributed by atoms with Crippen LogP contribution in [-0.4, -0.2) is 24.1 Å². The molecular formula is C20H25NO5. The number of ether oxygens (including phenoxy) is 1. The molecule has 0 bridgehead atoms. The van der Waals surface area contributed by atoms with E-state index in [4.69, 9.17) is 9.15 Å². The summed E-state index contributed by atoms with van der Waals surface area (Å²) in [6.07, 6.45) is -0.216. The molecule has 1 aromatic heterocycles. The monoisotopic (exact) mass is 359 g/mol. The summed E-state index contributed by atoms with van der Waals surface area (Å²) in [7, 11) is 1.53. The molecule has 1 unspecified atom stereocenters. The van der Waals surface area contributed by atoms with Gasteiger partial charge in [0.2, 0.25) is 0 Å². The minimum absolute atomic E-state index is 0.00398. The number of furan rings is 1. The fraction of sp³-hybridized carbons (Fsp3) is 0.400. The van der Waals surface area contributed by atoms with Crippen molar-refractivity contribution in [2.75, 3.05) is 7.11 Å². The minimum atomic E-state index is -0.991. The highest BCUT2D eigenvalue weighted by Gasteiger charge is 2.22. The largest absolute Gasteiger partial charge is 0.481 e. The molecule has 6 nitrogen and oxygen atoms in total. The lowest BCUT2D eigenvalue weighted by Crippen LogP contribution is -2.30. The van der Waals surface area contributed by atoms with Crippen LogP contribution >= 0.6 is 0 Å². The second kappa shape index (κ2) is 8.19. The first-order valence-electron chi connectivity index (χ1n) is 8.41. The van der Waals surface area contributed by atoms with Gasteiger partial charge in [0, 0.05) is 7.11 Å². The normalized spacial score (nSPS) is 12.6. The Morgan fingerprint density at radius 3 is 2.35 bits per heavy atom. The molecule has 0 saturated carbocycles. The molecule has 0 saturated heterocycles. The number of nitrogens with one attached hydrogen (secondary N) is 1. The van der Waals surface area contributed by atoms with Gasteiger partial charge in [0.15, 0.2) is 5.76 Å². The van der Waals surface area contributed by atoms with E-state index in [-0.39, 0.29) is 24.2 Å². The van der Waals surface area contributed by atoms with Gasteiger partial charge in [-0.3, -0.25) is 9.59 Å². The number of hydrogen-bond acceptors (Lipinski definition) is 4. The van der Waals surface area contributed by atoms with Gasteiger partial charge in [0.25, 0.3) is 5.91 Å². The second-order valence-corrected chi connectivity index (χ2v) is 7.19. The van der Waals surface area contributed by atoms with Crippen LogP contribution in [0.4, 0.5) is 0 Å². The van der Waals surface area contributed by atoms with Crippen molar-refractivity contribution in [2.24, 2.45) is 0 Å². The van der Waals surface area contributed by atoms with E-state index in [9.17, 15) is 14.7 Å². The Kier molecular flexibility index (Phi) is 6.21. The number of methoxy groups -OCH3 is 1. The second-order valence-electron chi connectivity index (χ2n) is 7.19. The van der Waals surface area contributed by atoms with Gasteiger partial charge in [-0.1, -0.05) is 45.0 Å². The van der Waals surface area contributed by atoms with E-state index in [1.165, 1.54) is 7.11 Å². The van der Waals surface area contributed by atoms with Crippen LogP contribution in [0.2, 0.25) is 0 Å². The molecule has 1 atom stereocenters. The Labute approximate surface area is 153 Å². The molecule has 0 fully saturated rings. The predicted molar refractivity (Wildman–Crippen MR) is 97.0 cm³/mol. The van der Waals surface area contributed by atoms with Crippen molar-refractivity contribution >= 4 is 11.9 Å². The van der Waals surface area contributed by atoms with E-state index < -0.39 is 17.9 Å². The molecular weight excluding hydrogens is 334 g/mol. The zero-order chi connectivity index (χ0) is 19.3. The van der Waals surface area contributed by atoms with Crippen LogP contribution in [0.15, 0.2) is 40.8 Å². The summed E-state index contributed by atoms with van der Waals surface area (Å²) in [6.45, 7) is 6.58. The molecule has 2 aromatic rings. The molecule has 0 spiro atoms. The maximum absolute atomic E-state index is 12.4. The SMILES string of the molecule is COCc1ccc(C(=O)NC(CC(=O)O)c2ccc(C(C)(C)C)cc2)o1. The number of amides is 1. The van der Waals surface area contributed by atoms with Crippen LogP contribution in [0, 0.1) is 0 Å². The van der Waals surface area contributed by atoms with Crippen LogP contribution in [0.1, 0.15) is 60.7 Å². The summed E-state index contributed by atoms with van der Waals surface area (Å²) in [4.78, 5) is 23.6. The predicted octanol–water partition coefficient (Wildman–Crippen LogP) is 3.67. The third-order valence-electron chi connectivity index (χ3n) is 4.04. The lowest BCUT2D eigenvalue weighted by Gasteiger charge is -2.21. The van der Waals surface area contributed by atoms with Crippen molar-refractivity contribution in [1.29, 1.82) is 0 Å². The maximum Gasteiger partial charge on any atom is 0.305 e. The van der Waals surface area contributed by atoms with Gasteiger partial charge in [0.05, 0.1) is 12.5 Å². The van der Waals surface area contributed by atoms with Gasteiger partial charge in [-0.05, 0) is 28.7 Å². The van der Waals surface area contributed by atoms with Crippen LogP contribution < -0.4 is 5.32 Å². The highest BCUT2D eigenvalue weighted by molar-refractivity contribution is 5.92. The van der Waals surface area contributed by atoms with Crippen molar-refractivity contribution < 1.29 is 23.8 Å². The topological polar surface area (TPSA) is 88.8 Å². The highest BCUT2D eigenvalue weighted by atomic mass is 16.5. The molecule has 1 heterocycles. The standard InChI is InChI=1S/C20H25NO5/c1-20(2,3)14-7-5-13(6-8-14)16(11-18(22)23)21-19(24)17-10-9-15(26-17)12-25-4/h5-10,16H,11-12H2,1-4H3,(H,21,24)(H,22,23). The van der Waals surface area contributed by atoms with E-state index in [1.807, 2.05) is 24.3 Å². The number of carbonyl (C=O) groups excluding carboxylic acids is 1. The van der Waals surface area contributed by atoms with E-state index in [0.717, 1.165) is 11.1 Å². The smallest absolute Gasteiger partial charge is 0.305 e. The zero-order valence-electron chi connectivity index (χ0n) is 15.5. The first-order chi connectivity index (χ1) is 12.2. The number of benzene rings is 1. The molecule has 0 radical (unpaired) electrons. The number of carboxylic acid groups (broad SMARTS) is 1. The average molecular weight is 359 g/mol. The quantitative estimate of drug-likeness (QED) is 0.787. The molecule has 26 heavy (non-hydrogen) atoms. The molecule has 2 rings (SSSR count). The van der Waals surface area contributed by atoms with Crippen LogP contribution in [0.5, 0.6) is 0 Å². The summed E-state index contributed by atoms with van der Waals surface area (Å²) in [5.74, 6) is -0.797. The third-order valence-corrected chi connectivity index (χ3v) is 4.04. The summed E-state index contributed by atoms with van der Waals surface area (Å²) in [5, 5.41) is 11.9. The molecule has 140 valence electrons. The van der Waals surface area contributed by atoms with Crippen LogP contribution in [0.25, 0.3) is 0 Å². The Hall–Kier alpha value is -2.60. The van der Waals surface area contributed by atoms with Crippen molar-refractivity contribution in [3.8, 4) is 0 Å². The van der Waals surface area contributed by atoms with Crippen LogP contribution in [-0.2, 0) is 21.6 Å². The average Bonchev–Trinajstić information content (AvgIpc) is 3.02. The lowest BCUT2D eigenvalue weighted by molar-refractivity contribution is -0.137. The van der Waals surface area contributed by atoms with E-state index in [2.05, 4.69) is 26.1 Å². The minimum Gasteiger partial charge on any atom is -0.481 e. The fourth-order valence-electron chi connectivity index (χ4n) is 2.59. The highest BCUT2D eigenvalue weighted by Crippen LogP contribution is 2.25. The first-order valence-corrected chi connectivity index (χ1v) is 8.41. The van der Waals surface area contributed by atoms with Gasteiger partial charge >= 0.3 is 5.97 Å². The molecule has 0 aliphatic rings. The molecule has 2 N–H and O–H groups in total. The number of rotatable bonds is 7. The Morgan fingerprint density at radius 2 is 1.81 bits per heavy atom. The number of carboxylic acids is 1. The van der Waals surface area contributed by atoms with Gasteiger partial charge in [-0.2, -0.15) is 0 Å². The maximum atomic E-state index is 12.4. The van der Waals surface area contributed by atoms with Crippen molar-refractivity contribution in [1.82, 2.24) is 5.32 Å². The van der Waals surface area contributed by atoms with Crippen molar-refractivity contribution in [2.45, 2.75) is 45.3 Å². The van der Waals surface area contributed by atoms with E-state index in [0.29, 0.717) is 5.76 Å². The number of hydrogen-bond donors (Lipinski definition) is 2. The molecule has 6 heteroatoms. The van der Waals surface area contributed by atoms with E-state index >= 15 is 0 Å². The Bertz CT molecular complexity index is 755. The Balaban J connectivity index is 2.18. The van der Waals surface area contributed by atoms with Crippen molar-refractivity contribution in [3.63, 3.8) is 0 Å². The lowest BCUT2D eigenvalue weighted by atomic mass is 9.86.